The van der Waals surface area contributed by atoms with Crippen molar-refractivity contribution in [2.24, 2.45) is 11.8 Å². The first-order valence-corrected chi connectivity index (χ1v) is 8.64. The molecule has 0 heterocycles. The number of benzene rings is 1. The predicted octanol–water partition coefficient (Wildman–Crippen LogP) is 2.30. The van der Waals surface area contributed by atoms with E-state index >= 15 is 0 Å². The topological polar surface area (TPSA) is 58.2 Å². The summed E-state index contributed by atoms with van der Waals surface area (Å²) in [5, 5.41) is 3.47. The predicted molar refractivity (Wildman–Crippen MR) is 81.4 cm³/mol. The van der Waals surface area contributed by atoms with Gasteiger partial charge in [-0.2, -0.15) is 0 Å². The first-order valence-electron chi connectivity index (χ1n) is 6.78. The molecule has 1 aromatic carbocycles. The molecule has 6 heteroatoms. The van der Waals surface area contributed by atoms with E-state index in [-0.39, 0.29) is 4.90 Å². The summed E-state index contributed by atoms with van der Waals surface area (Å²) >= 11 is 6.04. The number of halogens is 1. The van der Waals surface area contributed by atoms with Gasteiger partial charge in [-0.3, -0.25) is 0 Å². The molecule has 2 unspecified atom stereocenters. The lowest BCUT2D eigenvalue weighted by atomic mass is 10.1. The van der Waals surface area contributed by atoms with E-state index in [0.29, 0.717) is 29.9 Å². The summed E-state index contributed by atoms with van der Waals surface area (Å²) < 4.78 is 27.5. The smallest absolute Gasteiger partial charge is 0.240 e. The van der Waals surface area contributed by atoms with E-state index in [9.17, 15) is 8.42 Å². The quantitative estimate of drug-likeness (QED) is 0.846. The normalized spacial score (nSPS) is 22.0. The Labute approximate surface area is 126 Å². The van der Waals surface area contributed by atoms with Crippen molar-refractivity contribution in [2.75, 3.05) is 13.6 Å². The van der Waals surface area contributed by atoms with Crippen LogP contribution in [0.15, 0.2) is 17.0 Å². The van der Waals surface area contributed by atoms with Crippen LogP contribution in [-0.2, 0) is 16.6 Å². The number of sulfonamides is 1. The fourth-order valence-corrected chi connectivity index (χ4v) is 4.05. The second-order valence-electron chi connectivity index (χ2n) is 5.54. The minimum atomic E-state index is -3.49. The molecule has 1 aliphatic rings. The standard InChI is InChI=1S/C14H21ClN2O2S/c1-9-4-11(9)8-17-20(18,19)14-6-13(15)5-12(7-16-3)10(14)2/h5-6,9,11,16-17H,4,7-8H2,1-3H3. The van der Waals surface area contributed by atoms with Gasteiger partial charge in [0.1, 0.15) is 0 Å². The van der Waals surface area contributed by atoms with Gasteiger partial charge in [0, 0.05) is 18.1 Å². The van der Waals surface area contributed by atoms with E-state index in [4.69, 9.17) is 11.6 Å². The summed E-state index contributed by atoms with van der Waals surface area (Å²) in [5.74, 6) is 1.10. The molecule has 1 saturated carbocycles. The van der Waals surface area contributed by atoms with Crippen LogP contribution in [-0.4, -0.2) is 22.0 Å². The largest absolute Gasteiger partial charge is 0.316 e. The van der Waals surface area contributed by atoms with E-state index in [2.05, 4.69) is 17.0 Å². The molecular formula is C14H21ClN2O2S. The molecule has 0 aromatic heterocycles. The number of rotatable bonds is 6. The van der Waals surface area contributed by atoms with Gasteiger partial charge >= 0.3 is 0 Å². The van der Waals surface area contributed by atoms with Crippen LogP contribution in [0.2, 0.25) is 5.02 Å². The van der Waals surface area contributed by atoms with Crippen LogP contribution in [0.4, 0.5) is 0 Å². The van der Waals surface area contributed by atoms with Crippen molar-refractivity contribution >= 4 is 21.6 Å². The maximum Gasteiger partial charge on any atom is 0.240 e. The average Bonchev–Trinajstić information content (AvgIpc) is 3.07. The van der Waals surface area contributed by atoms with Crippen molar-refractivity contribution in [3.63, 3.8) is 0 Å². The van der Waals surface area contributed by atoms with Gasteiger partial charge in [0.25, 0.3) is 0 Å². The van der Waals surface area contributed by atoms with E-state index in [0.717, 1.165) is 17.5 Å². The molecule has 1 aromatic rings. The molecule has 112 valence electrons. The van der Waals surface area contributed by atoms with E-state index < -0.39 is 10.0 Å². The Balaban J connectivity index is 2.25. The summed E-state index contributed by atoms with van der Waals surface area (Å²) in [7, 11) is -1.67. The van der Waals surface area contributed by atoms with Crippen molar-refractivity contribution < 1.29 is 8.42 Å². The van der Waals surface area contributed by atoms with E-state index in [1.54, 1.807) is 6.07 Å². The van der Waals surface area contributed by atoms with Gasteiger partial charge in [0.05, 0.1) is 4.90 Å². The van der Waals surface area contributed by atoms with Crippen molar-refractivity contribution in [1.82, 2.24) is 10.0 Å². The lowest BCUT2D eigenvalue weighted by molar-refractivity contribution is 0.573. The summed E-state index contributed by atoms with van der Waals surface area (Å²) in [6, 6.07) is 3.32. The molecule has 0 radical (unpaired) electrons. The Morgan fingerprint density at radius 2 is 2.05 bits per heavy atom. The highest BCUT2D eigenvalue weighted by molar-refractivity contribution is 7.89. The van der Waals surface area contributed by atoms with Crippen LogP contribution >= 0.6 is 11.6 Å². The van der Waals surface area contributed by atoms with Gasteiger partial charge < -0.3 is 5.32 Å². The molecule has 0 spiro atoms. The average molecular weight is 317 g/mol. The molecule has 2 atom stereocenters. The van der Waals surface area contributed by atoms with Crippen molar-refractivity contribution in [3.8, 4) is 0 Å². The van der Waals surface area contributed by atoms with Crippen molar-refractivity contribution in [3.05, 3.63) is 28.3 Å². The Hall–Kier alpha value is -0.620. The van der Waals surface area contributed by atoms with Gasteiger partial charge in [0.2, 0.25) is 10.0 Å². The van der Waals surface area contributed by atoms with Crippen molar-refractivity contribution in [2.45, 2.75) is 31.7 Å². The second-order valence-corrected chi connectivity index (χ2v) is 7.72. The molecule has 1 fully saturated rings. The first kappa shape index (κ1) is 15.8. The van der Waals surface area contributed by atoms with Crippen LogP contribution in [0.1, 0.15) is 24.5 Å². The van der Waals surface area contributed by atoms with Crippen LogP contribution in [0.25, 0.3) is 0 Å². The Morgan fingerprint density at radius 3 is 2.60 bits per heavy atom. The lowest BCUT2D eigenvalue weighted by Gasteiger charge is -2.13. The molecule has 0 amide bonds. The molecule has 1 aliphatic carbocycles. The van der Waals surface area contributed by atoms with Crippen LogP contribution in [0.5, 0.6) is 0 Å². The zero-order valence-electron chi connectivity index (χ0n) is 12.0. The highest BCUT2D eigenvalue weighted by Crippen LogP contribution is 2.37. The Bertz CT molecular complexity index is 601. The lowest BCUT2D eigenvalue weighted by Crippen LogP contribution is -2.27. The zero-order chi connectivity index (χ0) is 14.9. The molecule has 2 rings (SSSR count). The first-order chi connectivity index (χ1) is 9.35. The van der Waals surface area contributed by atoms with E-state index in [1.165, 1.54) is 6.07 Å². The minimum Gasteiger partial charge on any atom is -0.316 e. The van der Waals surface area contributed by atoms with Crippen LogP contribution in [0, 0.1) is 18.8 Å². The molecule has 0 aliphatic heterocycles. The Kier molecular flexibility index (Phi) is 4.74. The van der Waals surface area contributed by atoms with Gasteiger partial charge in [0.15, 0.2) is 0 Å². The van der Waals surface area contributed by atoms with Gasteiger partial charge in [-0.25, -0.2) is 13.1 Å². The molecule has 20 heavy (non-hydrogen) atoms. The summed E-state index contributed by atoms with van der Waals surface area (Å²) in [6.07, 6.45) is 1.10. The van der Waals surface area contributed by atoms with E-state index in [1.807, 2.05) is 14.0 Å². The maximum atomic E-state index is 12.4. The van der Waals surface area contributed by atoms with Gasteiger partial charge in [-0.05, 0) is 55.5 Å². The maximum absolute atomic E-state index is 12.4. The summed E-state index contributed by atoms with van der Waals surface area (Å²) in [5.41, 5.74) is 1.65. The zero-order valence-corrected chi connectivity index (χ0v) is 13.6. The van der Waals surface area contributed by atoms with Crippen LogP contribution in [0.3, 0.4) is 0 Å². The third kappa shape index (κ3) is 3.52. The fraction of sp³-hybridized carbons (Fsp3) is 0.571. The summed E-state index contributed by atoms with van der Waals surface area (Å²) in [6.45, 7) is 5.05. The minimum absolute atomic E-state index is 0.281. The third-order valence-corrected chi connectivity index (χ3v) is 5.67. The molecule has 0 bridgehead atoms. The van der Waals surface area contributed by atoms with Gasteiger partial charge in [-0.15, -0.1) is 0 Å². The summed E-state index contributed by atoms with van der Waals surface area (Å²) in [4.78, 5) is 0.281. The van der Waals surface area contributed by atoms with Crippen molar-refractivity contribution in [1.29, 1.82) is 0 Å². The SMILES string of the molecule is CNCc1cc(Cl)cc(S(=O)(=O)NCC2CC2C)c1C. The van der Waals surface area contributed by atoms with Gasteiger partial charge in [-0.1, -0.05) is 18.5 Å². The molecule has 4 nitrogen and oxygen atoms in total. The monoisotopic (exact) mass is 316 g/mol. The third-order valence-electron chi connectivity index (χ3n) is 3.90. The fourth-order valence-electron chi connectivity index (χ4n) is 2.34. The molecule has 0 saturated heterocycles. The number of nitrogens with one attached hydrogen (secondary N) is 2. The molecular weight excluding hydrogens is 296 g/mol. The highest BCUT2D eigenvalue weighted by atomic mass is 35.5. The number of hydrogen-bond donors (Lipinski definition) is 2. The van der Waals surface area contributed by atoms with Crippen LogP contribution < -0.4 is 10.0 Å². The molecule has 2 N–H and O–H groups in total. The number of hydrogen-bond acceptors (Lipinski definition) is 3. The second kappa shape index (κ2) is 6.02. The Morgan fingerprint density at radius 1 is 1.40 bits per heavy atom. The highest BCUT2D eigenvalue weighted by Gasteiger charge is 2.33.